The maximum Gasteiger partial charge on any atom is 0.203 e. The van der Waals surface area contributed by atoms with Crippen LogP contribution in [-0.2, 0) is 0 Å². The van der Waals surface area contributed by atoms with Crippen molar-refractivity contribution in [3.8, 4) is 28.6 Å². The van der Waals surface area contributed by atoms with E-state index in [4.69, 9.17) is 14.2 Å². The van der Waals surface area contributed by atoms with Crippen LogP contribution in [0.3, 0.4) is 0 Å². The summed E-state index contributed by atoms with van der Waals surface area (Å²) in [7, 11) is 4.66. The Morgan fingerprint density at radius 1 is 1.00 bits per heavy atom. The Kier molecular flexibility index (Phi) is 5.40. The lowest BCUT2D eigenvalue weighted by atomic mass is 10.1. The van der Waals surface area contributed by atoms with Gasteiger partial charge in [0.05, 0.1) is 27.7 Å². The SMILES string of the molecule is COc1cc(Nc2nc(-c3cccc(C(C)=O)c3)nc3nc[nH]c23)cc(OC)c1OC. The molecule has 4 aromatic rings. The zero-order valence-electron chi connectivity index (χ0n) is 17.5. The molecule has 2 aromatic carbocycles. The lowest BCUT2D eigenvalue weighted by Crippen LogP contribution is -2.02. The van der Waals surface area contributed by atoms with Crippen molar-refractivity contribution >= 4 is 28.5 Å². The summed E-state index contributed by atoms with van der Waals surface area (Å²) in [5.41, 5.74) is 3.11. The quantitative estimate of drug-likeness (QED) is 0.433. The maximum atomic E-state index is 11.8. The first-order chi connectivity index (χ1) is 15.0. The number of anilines is 2. The molecule has 0 spiro atoms. The normalized spacial score (nSPS) is 10.7. The van der Waals surface area contributed by atoms with Crippen molar-refractivity contribution in [2.75, 3.05) is 26.6 Å². The number of methoxy groups -OCH3 is 3. The lowest BCUT2D eigenvalue weighted by Gasteiger charge is -2.15. The Hall–Kier alpha value is -4.14. The molecule has 0 unspecified atom stereocenters. The van der Waals surface area contributed by atoms with E-state index in [0.717, 1.165) is 0 Å². The first kappa shape index (κ1) is 20.1. The number of benzene rings is 2. The largest absolute Gasteiger partial charge is 0.493 e. The Morgan fingerprint density at radius 2 is 1.74 bits per heavy atom. The fraction of sp³-hybridized carbons (Fsp3) is 0.182. The molecule has 0 aliphatic carbocycles. The number of ether oxygens (including phenoxy) is 3. The Bertz CT molecular complexity index is 1240. The van der Waals surface area contributed by atoms with Crippen molar-refractivity contribution in [2.24, 2.45) is 0 Å². The number of H-pyrrole nitrogens is 1. The van der Waals surface area contributed by atoms with Gasteiger partial charge in [0.2, 0.25) is 5.75 Å². The van der Waals surface area contributed by atoms with Crippen LogP contribution in [0.25, 0.3) is 22.6 Å². The number of aromatic nitrogens is 4. The van der Waals surface area contributed by atoms with Gasteiger partial charge in [0, 0.05) is 28.9 Å². The minimum Gasteiger partial charge on any atom is -0.493 e. The third-order valence-electron chi connectivity index (χ3n) is 4.74. The molecular weight excluding hydrogens is 398 g/mol. The standard InChI is InChI=1S/C22H21N5O4/c1-12(28)13-6-5-7-14(8-13)20-26-21-18(23-11-24-21)22(27-20)25-15-9-16(29-2)19(31-4)17(10-15)30-3/h5-11H,1-4H3,(H2,23,24,25,26,27). The first-order valence-corrected chi connectivity index (χ1v) is 9.43. The van der Waals surface area contributed by atoms with Gasteiger partial charge in [-0.25, -0.2) is 15.0 Å². The van der Waals surface area contributed by atoms with Crippen molar-refractivity contribution in [2.45, 2.75) is 6.92 Å². The number of imidazole rings is 1. The van der Waals surface area contributed by atoms with Crippen molar-refractivity contribution in [3.05, 3.63) is 48.3 Å². The average molecular weight is 419 g/mol. The molecule has 31 heavy (non-hydrogen) atoms. The second-order valence-corrected chi connectivity index (χ2v) is 6.67. The highest BCUT2D eigenvalue weighted by molar-refractivity contribution is 5.95. The minimum atomic E-state index is -0.0292. The zero-order valence-corrected chi connectivity index (χ0v) is 17.5. The highest BCUT2D eigenvalue weighted by Gasteiger charge is 2.16. The van der Waals surface area contributed by atoms with Crippen LogP contribution in [0.4, 0.5) is 11.5 Å². The van der Waals surface area contributed by atoms with Gasteiger partial charge in [-0.15, -0.1) is 0 Å². The molecule has 9 nitrogen and oxygen atoms in total. The van der Waals surface area contributed by atoms with Gasteiger partial charge in [-0.1, -0.05) is 18.2 Å². The third kappa shape index (κ3) is 3.85. The molecule has 0 radical (unpaired) electrons. The predicted octanol–water partition coefficient (Wildman–Crippen LogP) is 3.99. The van der Waals surface area contributed by atoms with Crippen LogP contribution in [0.2, 0.25) is 0 Å². The summed E-state index contributed by atoms with van der Waals surface area (Å²) >= 11 is 0. The van der Waals surface area contributed by atoms with Crippen LogP contribution in [0.5, 0.6) is 17.2 Å². The van der Waals surface area contributed by atoms with Gasteiger partial charge >= 0.3 is 0 Å². The molecule has 2 heterocycles. The summed E-state index contributed by atoms with van der Waals surface area (Å²) in [6.07, 6.45) is 1.55. The van der Waals surface area contributed by atoms with E-state index in [1.165, 1.54) is 6.92 Å². The van der Waals surface area contributed by atoms with Crippen molar-refractivity contribution in [3.63, 3.8) is 0 Å². The van der Waals surface area contributed by atoms with E-state index >= 15 is 0 Å². The van der Waals surface area contributed by atoms with Gasteiger partial charge in [0.1, 0.15) is 5.52 Å². The van der Waals surface area contributed by atoms with Gasteiger partial charge in [-0.3, -0.25) is 4.79 Å². The maximum absolute atomic E-state index is 11.8. The van der Waals surface area contributed by atoms with E-state index in [2.05, 4.69) is 25.3 Å². The number of nitrogens with one attached hydrogen (secondary N) is 2. The van der Waals surface area contributed by atoms with Gasteiger partial charge in [0.25, 0.3) is 0 Å². The van der Waals surface area contributed by atoms with Gasteiger partial charge in [-0.2, -0.15) is 0 Å². The smallest absolute Gasteiger partial charge is 0.203 e. The van der Waals surface area contributed by atoms with Crippen molar-refractivity contribution in [1.82, 2.24) is 19.9 Å². The lowest BCUT2D eigenvalue weighted by molar-refractivity contribution is 0.101. The fourth-order valence-electron chi connectivity index (χ4n) is 3.22. The highest BCUT2D eigenvalue weighted by Crippen LogP contribution is 2.41. The number of hydrogen-bond donors (Lipinski definition) is 2. The van der Waals surface area contributed by atoms with Gasteiger partial charge in [0.15, 0.2) is 34.6 Å². The molecule has 0 aliphatic heterocycles. The zero-order chi connectivity index (χ0) is 22.0. The molecule has 0 aliphatic rings. The Morgan fingerprint density at radius 3 is 2.39 bits per heavy atom. The summed E-state index contributed by atoms with van der Waals surface area (Å²) in [6.45, 7) is 1.52. The molecule has 2 aromatic heterocycles. The van der Waals surface area contributed by atoms with E-state index < -0.39 is 0 Å². The number of nitrogens with zero attached hydrogens (tertiary/aromatic N) is 3. The summed E-state index contributed by atoms with van der Waals surface area (Å²) in [5.74, 6) is 2.44. The minimum absolute atomic E-state index is 0.0292. The molecule has 0 bridgehead atoms. The number of rotatable bonds is 7. The van der Waals surface area contributed by atoms with Crippen molar-refractivity contribution < 1.29 is 19.0 Å². The number of ketones is 1. The van der Waals surface area contributed by atoms with Crippen LogP contribution in [0.15, 0.2) is 42.7 Å². The van der Waals surface area contributed by atoms with Crippen LogP contribution < -0.4 is 19.5 Å². The number of carbonyl (C=O) groups excluding carboxylic acids is 1. The number of aromatic amines is 1. The van der Waals surface area contributed by atoms with E-state index in [1.54, 1.807) is 58.0 Å². The number of Topliss-reactive ketones (excluding diaryl/α,β-unsaturated/α-hetero) is 1. The molecular formula is C22H21N5O4. The van der Waals surface area contributed by atoms with E-state index in [9.17, 15) is 4.79 Å². The molecule has 0 saturated heterocycles. The summed E-state index contributed by atoms with van der Waals surface area (Å²) in [6, 6.07) is 10.7. The van der Waals surface area contributed by atoms with Crippen LogP contribution in [-0.4, -0.2) is 47.0 Å². The Balaban J connectivity index is 1.81. The van der Waals surface area contributed by atoms with E-state index in [0.29, 0.717) is 56.9 Å². The molecule has 9 heteroatoms. The molecule has 0 fully saturated rings. The van der Waals surface area contributed by atoms with Crippen molar-refractivity contribution in [1.29, 1.82) is 0 Å². The number of fused-ring (bicyclic) bond motifs is 1. The van der Waals surface area contributed by atoms with Crippen LogP contribution in [0, 0.1) is 0 Å². The topological polar surface area (TPSA) is 111 Å². The Labute approximate surface area is 178 Å². The average Bonchev–Trinajstić information content (AvgIpc) is 3.27. The molecule has 0 amide bonds. The van der Waals surface area contributed by atoms with E-state index in [1.807, 2.05) is 6.07 Å². The summed E-state index contributed by atoms with van der Waals surface area (Å²) in [4.78, 5) is 28.3. The molecule has 0 atom stereocenters. The highest BCUT2D eigenvalue weighted by atomic mass is 16.5. The fourth-order valence-corrected chi connectivity index (χ4v) is 3.22. The number of carbonyl (C=O) groups is 1. The van der Waals surface area contributed by atoms with Gasteiger partial charge < -0.3 is 24.5 Å². The summed E-state index contributed by atoms with van der Waals surface area (Å²) < 4.78 is 16.2. The van der Waals surface area contributed by atoms with Crippen LogP contribution >= 0.6 is 0 Å². The predicted molar refractivity (Wildman–Crippen MR) is 117 cm³/mol. The number of hydrogen-bond acceptors (Lipinski definition) is 8. The second-order valence-electron chi connectivity index (χ2n) is 6.67. The molecule has 2 N–H and O–H groups in total. The van der Waals surface area contributed by atoms with E-state index in [-0.39, 0.29) is 5.78 Å². The van der Waals surface area contributed by atoms with Gasteiger partial charge in [-0.05, 0) is 13.0 Å². The van der Waals surface area contributed by atoms with Crippen LogP contribution in [0.1, 0.15) is 17.3 Å². The second kappa shape index (κ2) is 8.31. The molecule has 158 valence electrons. The monoisotopic (exact) mass is 419 g/mol. The first-order valence-electron chi connectivity index (χ1n) is 9.43. The molecule has 0 saturated carbocycles. The summed E-state index contributed by atoms with van der Waals surface area (Å²) in [5, 5.41) is 3.28. The third-order valence-corrected chi connectivity index (χ3v) is 4.74. The molecule has 4 rings (SSSR count).